The van der Waals surface area contributed by atoms with E-state index in [0.717, 1.165) is 38.4 Å². The zero-order chi connectivity index (χ0) is 14.9. The molecule has 2 rings (SSSR count). The second-order valence-electron chi connectivity index (χ2n) is 6.06. The SMILES string of the molecule is CCNC(=NCCNC(=O)C1CCCCC1)N1CCCC1.I. The van der Waals surface area contributed by atoms with Crippen LogP contribution in [0.3, 0.4) is 0 Å². The lowest BCUT2D eigenvalue weighted by atomic mass is 9.89. The summed E-state index contributed by atoms with van der Waals surface area (Å²) in [6, 6.07) is 0. The lowest BCUT2D eigenvalue weighted by Gasteiger charge is -2.21. The predicted octanol–water partition coefficient (Wildman–Crippen LogP) is 2.36. The van der Waals surface area contributed by atoms with Gasteiger partial charge in [-0.1, -0.05) is 19.3 Å². The van der Waals surface area contributed by atoms with E-state index in [1.807, 2.05) is 0 Å². The van der Waals surface area contributed by atoms with Gasteiger partial charge in [0, 0.05) is 32.1 Å². The number of nitrogens with one attached hydrogen (secondary N) is 2. The number of hydrogen-bond acceptors (Lipinski definition) is 2. The Morgan fingerprint density at radius 2 is 1.77 bits per heavy atom. The molecule has 0 radical (unpaired) electrons. The molecule has 0 spiro atoms. The topological polar surface area (TPSA) is 56.7 Å². The Bertz CT molecular complexity index is 350. The maximum absolute atomic E-state index is 12.0. The Morgan fingerprint density at radius 1 is 1.09 bits per heavy atom. The highest BCUT2D eigenvalue weighted by Crippen LogP contribution is 2.23. The maximum Gasteiger partial charge on any atom is 0.223 e. The quantitative estimate of drug-likeness (QED) is 0.310. The number of rotatable bonds is 5. The van der Waals surface area contributed by atoms with Crippen LogP contribution in [0.15, 0.2) is 4.99 Å². The molecule has 5 nitrogen and oxygen atoms in total. The van der Waals surface area contributed by atoms with Gasteiger partial charge in [0.25, 0.3) is 0 Å². The summed E-state index contributed by atoms with van der Waals surface area (Å²) in [5.74, 6) is 1.48. The van der Waals surface area contributed by atoms with E-state index in [0.29, 0.717) is 13.1 Å². The van der Waals surface area contributed by atoms with Gasteiger partial charge in [0.2, 0.25) is 5.91 Å². The Hall–Kier alpha value is -0.530. The molecule has 0 bridgehead atoms. The molecule has 1 heterocycles. The van der Waals surface area contributed by atoms with Crippen molar-refractivity contribution in [2.45, 2.75) is 51.9 Å². The third-order valence-electron chi connectivity index (χ3n) is 4.39. The smallest absolute Gasteiger partial charge is 0.223 e. The van der Waals surface area contributed by atoms with E-state index in [1.54, 1.807) is 0 Å². The molecule has 1 aliphatic carbocycles. The summed E-state index contributed by atoms with van der Waals surface area (Å²) in [4.78, 5) is 19.0. The molecule has 0 aromatic rings. The fourth-order valence-electron chi connectivity index (χ4n) is 3.20. The molecular formula is C16H31IN4O. The number of carbonyl (C=O) groups is 1. The molecule has 22 heavy (non-hydrogen) atoms. The monoisotopic (exact) mass is 422 g/mol. The first-order valence-electron chi connectivity index (χ1n) is 8.62. The van der Waals surface area contributed by atoms with Crippen LogP contribution in [-0.2, 0) is 4.79 Å². The van der Waals surface area contributed by atoms with Gasteiger partial charge < -0.3 is 15.5 Å². The molecule has 128 valence electrons. The van der Waals surface area contributed by atoms with E-state index in [-0.39, 0.29) is 35.8 Å². The minimum atomic E-state index is 0. The first-order chi connectivity index (χ1) is 10.3. The molecule has 6 heteroatoms. The molecule has 2 fully saturated rings. The van der Waals surface area contributed by atoms with Crippen LogP contribution in [-0.4, -0.2) is 49.5 Å². The molecule has 1 saturated heterocycles. The van der Waals surface area contributed by atoms with Gasteiger partial charge >= 0.3 is 0 Å². The molecule has 0 aromatic heterocycles. The number of nitrogens with zero attached hydrogens (tertiary/aromatic N) is 2. The molecule has 2 aliphatic rings. The van der Waals surface area contributed by atoms with Gasteiger partial charge in [0.05, 0.1) is 6.54 Å². The Morgan fingerprint density at radius 3 is 2.41 bits per heavy atom. The summed E-state index contributed by atoms with van der Waals surface area (Å²) in [5, 5.41) is 6.39. The van der Waals surface area contributed by atoms with Crippen molar-refractivity contribution in [3.63, 3.8) is 0 Å². The average Bonchev–Trinajstić information content (AvgIpc) is 3.05. The highest BCUT2D eigenvalue weighted by Gasteiger charge is 2.20. The van der Waals surface area contributed by atoms with Gasteiger partial charge in [-0.15, -0.1) is 24.0 Å². The van der Waals surface area contributed by atoms with Crippen molar-refractivity contribution in [3.8, 4) is 0 Å². The van der Waals surface area contributed by atoms with E-state index in [2.05, 4.69) is 27.4 Å². The molecular weight excluding hydrogens is 391 g/mol. The predicted molar refractivity (Wildman–Crippen MR) is 102 cm³/mol. The van der Waals surface area contributed by atoms with Crippen LogP contribution in [0.5, 0.6) is 0 Å². The van der Waals surface area contributed by atoms with Crippen molar-refractivity contribution in [2.75, 3.05) is 32.7 Å². The second-order valence-corrected chi connectivity index (χ2v) is 6.06. The molecule has 1 saturated carbocycles. The summed E-state index contributed by atoms with van der Waals surface area (Å²) >= 11 is 0. The van der Waals surface area contributed by atoms with Crippen LogP contribution >= 0.6 is 24.0 Å². The molecule has 1 aliphatic heterocycles. The van der Waals surface area contributed by atoms with Crippen molar-refractivity contribution >= 4 is 35.8 Å². The van der Waals surface area contributed by atoms with Crippen molar-refractivity contribution in [1.29, 1.82) is 0 Å². The van der Waals surface area contributed by atoms with E-state index >= 15 is 0 Å². The van der Waals surface area contributed by atoms with Gasteiger partial charge in [-0.3, -0.25) is 9.79 Å². The number of halogens is 1. The average molecular weight is 422 g/mol. The zero-order valence-electron chi connectivity index (χ0n) is 13.8. The van der Waals surface area contributed by atoms with Crippen LogP contribution in [0.2, 0.25) is 0 Å². The summed E-state index contributed by atoms with van der Waals surface area (Å²) in [5.41, 5.74) is 0. The highest BCUT2D eigenvalue weighted by molar-refractivity contribution is 14.0. The fraction of sp³-hybridized carbons (Fsp3) is 0.875. The summed E-state index contributed by atoms with van der Waals surface area (Å²) in [7, 11) is 0. The maximum atomic E-state index is 12.0. The van der Waals surface area contributed by atoms with Gasteiger partial charge in [0.15, 0.2) is 5.96 Å². The number of guanidine groups is 1. The highest BCUT2D eigenvalue weighted by atomic mass is 127. The van der Waals surface area contributed by atoms with Crippen LogP contribution in [0.1, 0.15) is 51.9 Å². The molecule has 2 N–H and O–H groups in total. The first-order valence-corrected chi connectivity index (χ1v) is 8.62. The molecule has 1 amide bonds. The Kier molecular flexibility index (Phi) is 9.82. The van der Waals surface area contributed by atoms with Gasteiger partial charge in [-0.2, -0.15) is 0 Å². The number of aliphatic imine (C=N–C) groups is 1. The lowest BCUT2D eigenvalue weighted by molar-refractivity contribution is -0.125. The summed E-state index contributed by atoms with van der Waals surface area (Å²) < 4.78 is 0. The van der Waals surface area contributed by atoms with Crippen LogP contribution in [0, 0.1) is 5.92 Å². The van der Waals surface area contributed by atoms with Crippen molar-refractivity contribution in [1.82, 2.24) is 15.5 Å². The van der Waals surface area contributed by atoms with Crippen molar-refractivity contribution in [2.24, 2.45) is 10.9 Å². The molecule has 0 aromatic carbocycles. The third-order valence-corrected chi connectivity index (χ3v) is 4.39. The van der Waals surface area contributed by atoms with E-state index in [9.17, 15) is 4.79 Å². The normalized spacial score (nSPS) is 19.7. The molecule has 0 unspecified atom stereocenters. The third kappa shape index (κ3) is 6.30. The minimum Gasteiger partial charge on any atom is -0.357 e. The Balaban J connectivity index is 0.00000242. The largest absolute Gasteiger partial charge is 0.357 e. The van der Waals surface area contributed by atoms with E-state index in [1.165, 1.54) is 32.1 Å². The summed E-state index contributed by atoms with van der Waals surface area (Å²) in [6.07, 6.45) is 8.32. The Labute approximate surface area is 151 Å². The van der Waals surface area contributed by atoms with Gasteiger partial charge in [-0.25, -0.2) is 0 Å². The first kappa shape index (κ1) is 19.5. The minimum absolute atomic E-state index is 0. The number of hydrogen-bond donors (Lipinski definition) is 2. The van der Waals surface area contributed by atoms with Crippen LogP contribution in [0.25, 0.3) is 0 Å². The summed E-state index contributed by atoms with van der Waals surface area (Å²) in [6.45, 7) is 6.50. The number of carbonyl (C=O) groups excluding carboxylic acids is 1. The van der Waals surface area contributed by atoms with Crippen LogP contribution in [0.4, 0.5) is 0 Å². The standard InChI is InChI=1S/C16H30N4O.HI/c1-2-17-16(20-12-6-7-13-20)19-11-10-18-15(21)14-8-4-3-5-9-14;/h14H,2-13H2,1H3,(H,17,19)(H,18,21);1H. The van der Waals surface area contributed by atoms with Crippen molar-refractivity contribution < 1.29 is 4.79 Å². The zero-order valence-corrected chi connectivity index (χ0v) is 16.1. The second kappa shape index (κ2) is 11.1. The van der Waals surface area contributed by atoms with Crippen molar-refractivity contribution in [3.05, 3.63) is 0 Å². The van der Waals surface area contributed by atoms with E-state index in [4.69, 9.17) is 0 Å². The van der Waals surface area contributed by atoms with Gasteiger partial charge in [-0.05, 0) is 32.6 Å². The lowest BCUT2D eigenvalue weighted by Crippen LogP contribution is -2.40. The number of amides is 1. The molecule has 0 atom stereocenters. The van der Waals surface area contributed by atoms with Crippen LogP contribution < -0.4 is 10.6 Å². The number of likely N-dealkylation sites (tertiary alicyclic amines) is 1. The van der Waals surface area contributed by atoms with Gasteiger partial charge in [0.1, 0.15) is 0 Å². The fourth-order valence-corrected chi connectivity index (χ4v) is 3.20. The van der Waals surface area contributed by atoms with E-state index < -0.39 is 0 Å².